The third-order valence-corrected chi connectivity index (χ3v) is 6.49. The van der Waals surface area contributed by atoms with Crippen LogP contribution >= 0.6 is 0 Å². The van der Waals surface area contributed by atoms with Crippen LogP contribution in [0.25, 0.3) is 16.3 Å². The summed E-state index contributed by atoms with van der Waals surface area (Å²) in [5, 5.41) is 9.01. The number of rotatable bonds is 7. The van der Waals surface area contributed by atoms with Crippen LogP contribution in [-0.4, -0.2) is 42.7 Å². The molecule has 0 saturated carbocycles. The van der Waals surface area contributed by atoms with E-state index in [2.05, 4.69) is 4.99 Å². The molecule has 0 atom stereocenters. The fraction of sp³-hybridized carbons (Fsp3) is 0.263. The van der Waals surface area contributed by atoms with Crippen molar-refractivity contribution in [3.63, 3.8) is 0 Å². The van der Waals surface area contributed by atoms with Gasteiger partial charge in [0, 0.05) is 28.7 Å². The Kier molecular flexibility index (Phi) is 5.83. The molecule has 0 aliphatic carbocycles. The van der Waals surface area contributed by atoms with E-state index in [1.165, 1.54) is 6.07 Å². The lowest BCUT2D eigenvalue weighted by Gasteiger charge is -2.12. The van der Waals surface area contributed by atoms with Gasteiger partial charge in [-0.2, -0.15) is 16.8 Å². The van der Waals surface area contributed by atoms with Crippen molar-refractivity contribution >= 4 is 54.0 Å². The van der Waals surface area contributed by atoms with Crippen molar-refractivity contribution in [2.45, 2.75) is 42.4 Å². The Labute approximate surface area is 173 Å². The van der Waals surface area contributed by atoms with Gasteiger partial charge in [0.1, 0.15) is 4.90 Å². The van der Waals surface area contributed by atoms with E-state index in [4.69, 9.17) is 5.11 Å². The highest BCUT2D eigenvalue weighted by Crippen LogP contribution is 2.42. The Bertz CT molecular complexity index is 1320. The summed E-state index contributed by atoms with van der Waals surface area (Å²) >= 11 is 0. The zero-order valence-electron chi connectivity index (χ0n) is 15.9. The van der Waals surface area contributed by atoms with E-state index in [-0.39, 0.29) is 17.2 Å². The zero-order chi connectivity index (χ0) is 22.3. The Morgan fingerprint density at radius 1 is 1.03 bits per heavy atom. The number of hydrogen-bond donors (Lipinski definition) is 3. The normalized spacial score (nSPS) is 15.4. The zero-order valence-corrected chi connectivity index (χ0v) is 17.5. The van der Waals surface area contributed by atoms with Gasteiger partial charge in [0.15, 0.2) is 0 Å². The average Bonchev–Trinajstić information content (AvgIpc) is 2.94. The van der Waals surface area contributed by atoms with E-state index in [9.17, 15) is 30.7 Å². The lowest BCUT2D eigenvalue weighted by molar-refractivity contribution is -0.137. The molecule has 0 amide bonds. The van der Waals surface area contributed by atoms with Crippen molar-refractivity contribution in [2.75, 3.05) is 0 Å². The van der Waals surface area contributed by atoms with Crippen molar-refractivity contribution in [1.82, 2.24) is 0 Å². The predicted molar refractivity (Wildman–Crippen MR) is 110 cm³/mol. The Morgan fingerprint density at radius 3 is 2.33 bits per heavy atom. The number of aliphatic carboxylic acids is 1. The molecule has 0 fully saturated rings. The minimum absolute atomic E-state index is 0.0468. The summed E-state index contributed by atoms with van der Waals surface area (Å²) in [6.45, 7) is 1.74. The van der Waals surface area contributed by atoms with Gasteiger partial charge in [-0.15, -0.1) is 0 Å². The maximum Gasteiger partial charge on any atom is 0.303 e. The number of aliphatic imine (C=N–C) groups is 1. The molecule has 0 spiro atoms. The van der Waals surface area contributed by atoms with Crippen LogP contribution in [-0.2, 0) is 25.0 Å². The molecule has 0 bridgehead atoms. The number of carbonyl (C=O) groups is 1. The van der Waals surface area contributed by atoms with Gasteiger partial charge in [-0.1, -0.05) is 12.1 Å². The fourth-order valence-electron chi connectivity index (χ4n) is 3.44. The maximum atomic E-state index is 11.9. The summed E-state index contributed by atoms with van der Waals surface area (Å²) in [7, 11) is -9.53. The van der Waals surface area contributed by atoms with Crippen molar-refractivity contribution in [2.24, 2.45) is 4.99 Å². The number of allylic oxidation sites excluding steroid dienone is 2. The predicted octanol–water partition coefficient (Wildman–Crippen LogP) is 3.47. The van der Waals surface area contributed by atoms with E-state index in [1.807, 2.05) is 6.08 Å². The summed E-state index contributed by atoms with van der Waals surface area (Å²) in [6.07, 6.45) is 3.51. The number of nitrogens with zero attached hydrogens (tertiary/aromatic N) is 1. The molecule has 0 saturated heterocycles. The summed E-state index contributed by atoms with van der Waals surface area (Å²) in [6, 6.07) is 4.83. The highest BCUT2D eigenvalue weighted by molar-refractivity contribution is 7.86. The monoisotopic (exact) mass is 453 g/mol. The number of unbranched alkanes of at least 4 members (excludes halogenated alkanes) is 2. The van der Waals surface area contributed by atoms with Crippen LogP contribution in [0.1, 0.15) is 38.2 Å². The molecule has 1 aliphatic rings. The quantitative estimate of drug-likeness (QED) is 0.424. The second-order valence-corrected chi connectivity index (χ2v) is 9.69. The van der Waals surface area contributed by atoms with Gasteiger partial charge in [-0.3, -0.25) is 18.9 Å². The average molecular weight is 453 g/mol. The largest absolute Gasteiger partial charge is 0.481 e. The van der Waals surface area contributed by atoms with E-state index >= 15 is 0 Å². The van der Waals surface area contributed by atoms with Crippen LogP contribution in [0.3, 0.4) is 0 Å². The van der Waals surface area contributed by atoms with E-state index < -0.39 is 36.0 Å². The Hall–Kier alpha value is -2.60. The molecule has 3 rings (SSSR count). The van der Waals surface area contributed by atoms with E-state index in [1.54, 1.807) is 13.0 Å². The number of carboxylic acid groups (broad SMARTS) is 1. The first-order chi connectivity index (χ1) is 13.9. The van der Waals surface area contributed by atoms with Gasteiger partial charge in [-0.25, -0.2) is 0 Å². The number of fused-ring (bicyclic) bond motifs is 3. The van der Waals surface area contributed by atoms with Crippen molar-refractivity contribution in [1.29, 1.82) is 0 Å². The first kappa shape index (κ1) is 22.1. The van der Waals surface area contributed by atoms with Gasteiger partial charge in [0.2, 0.25) is 0 Å². The summed E-state index contributed by atoms with van der Waals surface area (Å²) in [5.74, 6) is -0.881. The van der Waals surface area contributed by atoms with E-state index in [0.29, 0.717) is 47.9 Å². The van der Waals surface area contributed by atoms with Crippen LogP contribution in [0.4, 0.5) is 5.69 Å². The van der Waals surface area contributed by atoms with Gasteiger partial charge >= 0.3 is 5.97 Å². The van der Waals surface area contributed by atoms with Crippen molar-refractivity contribution in [3.05, 3.63) is 35.9 Å². The SMILES string of the molecule is CC1=Nc2ccc3c(S(=O)(=O)O)cc(S(=O)(=O)O)cc3c2/C1=C\CCCCC(=O)O. The molecule has 30 heavy (non-hydrogen) atoms. The topological polar surface area (TPSA) is 158 Å². The third kappa shape index (κ3) is 4.43. The molecule has 160 valence electrons. The highest BCUT2D eigenvalue weighted by atomic mass is 32.2. The second-order valence-electron chi connectivity index (χ2n) is 6.88. The molecule has 0 radical (unpaired) electrons. The Balaban J connectivity index is 2.19. The lowest BCUT2D eigenvalue weighted by Crippen LogP contribution is -2.05. The molecule has 9 nitrogen and oxygen atoms in total. The molecule has 1 heterocycles. The lowest BCUT2D eigenvalue weighted by atomic mass is 9.95. The van der Waals surface area contributed by atoms with Gasteiger partial charge < -0.3 is 5.11 Å². The standard InChI is InChI=1S/C19H19NO8S2/c1-11-13(5-3-2-4-6-18(21)22)19-15-9-12(29(23,24)25)10-17(30(26,27)28)14(15)7-8-16(19)20-11/h5,7-10H,2-4,6H2,1H3,(H,21,22)(H,23,24,25)(H,26,27,28)/b13-5-. The molecular formula is C19H19NO8S2. The molecule has 2 aromatic rings. The second kappa shape index (κ2) is 7.91. The van der Waals surface area contributed by atoms with Gasteiger partial charge in [0.25, 0.3) is 20.2 Å². The van der Waals surface area contributed by atoms with Gasteiger partial charge in [0.05, 0.1) is 10.6 Å². The highest BCUT2D eigenvalue weighted by Gasteiger charge is 2.26. The van der Waals surface area contributed by atoms with Crippen molar-refractivity contribution in [3.8, 4) is 0 Å². The molecule has 3 N–H and O–H groups in total. The molecule has 0 aromatic heterocycles. The minimum atomic E-state index is -4.78. The van der Waals surface area contributed by atoms with Gasteiger partial charge in [-0.05, 0) is 49.8 Å². The third-order valence-electron chi connectivity index (χ3n) is 4.77. The number of carboxylic acids is 1. The van der Waals surface area contributed by atoms with E-state index in [0.717, 1.165) is 6.07 Å². The van der Waals surface area contributed by atoms with Crippen molar-refractivity contribution < 1.29 is 35.8 Å². The molecular weight excluding hydrogens is 434 g/mol. The fourth-order valence-corrected chi connectivity index (χ4v) is 4.78. The molecule has 1 aliphatic heterocycles. The van der Waals surface area contributed by atoms with Crippen LogP contribution in [0.15, 0.2) is 45.1 Å². The number of benzene rings is 2. The summed E-state index contributed by atoms with van der Waals surface area (Å²) in [5.41, 5.74) is 2.25. The summed E-state index contributed by atoms with van der Waals surface area (Å²) < 4.78 is 66.1. The molecule has 2 aromatic carbocycles. The Morgan fingerprint density at radius 2 is 1.73 bits per heavy atom. The summed E-state index contributed by atoms with van der Waals surface area (Å²) in [4.78, 5) is 13.8. The maximum absolute atomic E-state index is 11.9. The van der Waals surface area contributed by atoms with Crippen LogP contribution in [0, 0.1) is 0 Å². The number of hydrogen-bond acceptors (Lipinski definition) is 6. The molecule has 0 unspecified atom stereocenters. The minimum Gasteiger partial charge on any atom is -0.481 e. The van der Waals surface area contributed by atoms with Crippen LogP contribution in [0.5, 0.6) is 0 Å². The smallest absolute Gasteiger partial charge is 0.303 e. The van der Waals surface area contributed by atoms with Crippen LogP contribution in [0.2, 0.25) is 0 Å². The molecule has 11 heteroatoms. The first-order valence-corrected chi connectivity index (χ1v) is 11.8. The van der Waals surface area contributed by atoms with Crippen LogP contribution < -0.4 is 0 Å². The first-order valence-electron chi connectivity index (χ1n) is 8.93.